The maximum absolute atomic E-state index is 13.8. The molecule has 1 aromatic carbocycles. The minimum Gasteiger partial charge on any atom is -0.312 e. The van der Waals surface area contributed by atoms with E-state index in [1.54, 1.807) is 0 Å². The number of rotatable bonds is 1. The summed E-state index contributed by atoms with van der Waals surface area (Å²) in [6.45, 7) is 1.47. The Bertz CT molecular complexity index is 599. The van der Waals surface area contributed by atoms with Crippen LogP contribution in [0.1, 0.15) is 11.3 Å². The van der Waals surface area contributed by atoms with Gasteiger partial charge in [-0.3, -0.25) is 0 Å². The predicted molar refractivity (Wildman–Crippen MR) is 62.8 cm³/mol. The summed E-state index contributed by atoms with van der Waals surface area (Å²) in [4.78, 5) is 8.34. The molecule has 1 aromatic heterocycles. The first-order valence-corrected chi connectivity index (χ1v) is 5.74. The van der Waals surface area contributed by atoms with Crippen LogP contribution >= 0.6 is 0 Å². The zero-order valence-corrected chi connectivity index (χ0v) is 9.58. The van der Waals surface area contributed by atoms with Crippen LogP contribution in [0.25, 0.3) is 11.3 Å². The number of halogens is 2. The molecule has 5 heteroatoms. The van der Waals surface area contributed by atoms with Gasteiger partial charge in [-0.1, -0.05) is 0 Å². The summed E-state index contributed by atoms with van der Waals surface area (Å²) < 4.78 is 26.7. The molecule has 18 heavy (non-hydrogen) atoms. The zero-order valence-electron chi connectivity index (χ0n) is 9.58. The Balaban J connectivity index is 2.17. The fraction of sp³-hybridized carbons (Fsp3) is 0.231. The van der Waals surface area contributed by atoms with E-state index in [1.165, 1.54) is 18.5 Å². The van der Waals surface area contributed by atoms with Gasteiger partial charge in [-0.25, -0.2) is 18.7 Å². The van der Waals surface area contributed by atoms with E-state index in [0.717, 1.165) is 30.3 Å². The molecule has 1 aliphatic rings. The topological polar surface area (TPSA) is 37.8 Å². The van der Waals surface area contributed by atoms with Crippen LogP contribution in [0.3, 0.4) is 0 Å². The fourth-order valence-electron chi connectivity index (χ4n) is 2.18. The highest BCUT2D eigenvalue weighted by Gasteiger charge is 2.18. The molecule has 0 atom stereocenters. The van der Waals surface area contributed by atoms with Crippen molar-refractivity contribution < 1.29 is 8.78 Å². The van der Waals surface area contributed by atoms with E-state index in [2.05, 4.69) is 15.3 Å². The van der Waals surface area contributed by atoms with E-state index >= 15 is 0 Å². The molecule has 1 aliphatic heterocycles. The Labute approximate surface area is 103 Å². The summed E-state index contributed by atoms with van der Waals surface area (Å²) in [5.74, 6) is -1.18. The lowest BCUT2D eigenvalue weighted by molar-refractivity contribution is 0.584. The molecule has 0 radical (unpaired) electrons. The summed E-state index contributed by atoms with van der Waals surface area (Å²) in [5.41, 5.74) is 2.69. The Morgan fingerprint density at radius 3 is 2.89 bits per heavy atom. The lowest BCUT2D eigenvalue weighted by atomic mass is 10.0. The molecule has 92 valence electrons. The Morgan fingerprint density at radius 2 is 2.06 bits per heavy atom. The molecule has 2 aromatic rings. The number of fused-ring (bicyclic) bond motifs is 1. The number of hydrogen-bond acceptors (Lipinski definition) is 3. The van der Waals surface area contributed by atoms with Gasteiger partial charge in [-0.2, -0.15) is 0 Å². The van der Waals surface area contributed by atoms with Gasteiger partial charge in [0.15, 0.2) is 0 Å². The lowest BCUT2D eigenvalue weighted by Crippen LogP contribution is -2.25. The normalized spacial score (nSPS) is 14.3. The van der Waals surface area contributed by atoms with Crippen molar-refractivity contribution in [3.63, 3.8) is 0 Å². The molecule has 3 rings (SSSR count). The quantitative estimate of drug-likeness (QED) is 0.838. The smallest absolute Gasteiger partial charge is 0.135 e. The molecule has 0 amide bonds. The third-order valence-corrected chi connectivity index (χ3v) is 3.06. The van der Waals surface area contributed by atoms with Crippen molar-refractivity contribution in [1.82, 2.24) is 15.3 Å². The first kappa shape index (κ1) is 11.2. The van der Waals surface area contributed by atoms with Crippen LogP contribution < -0.4 is 5.32 Å². The van der Waals surface area contributed by atoms with Gasteiger partial charge in [-0.05, 0) is 12.1 Å². The SMILES string of the molecule is Fc1ccc(-c2ncnc3c2CNCC3)c(F)c1. The predicted octanol–water partition coefficient (Wildman–Crippen LogP) is 2.07. The van der Waals surface area contributed by atoms with Crippen LogP contribution in [0.4, 0.5) is 8.78 Å². The number of nitrogens with zero attached hydrogens (tertiary/aromatic N) is 2. The first-order chi connectivity index (χ1) is 8.75. The second-order valence-electron chi connectivity index (χ2n) is 4.20. The molecule has 0 unspecified atom stereocenters. The van der Waals surface area contributed by atoms with E-state index < -0.39 is 11.6 Å². The van der Waals surface area contributed by atoms with Crippen LogP contribution in [-0.2, 0) is 13.0 Å². The third-order valence-electron chi connectivity index (χ3n) is 3.06. The minimum absolute atomic E-state index is 0.318. The van der Waals surface area contributed by atoms with Gasteiger partial charge < -0.3 is 5.32 Å². The van der Waals surface area contributed by atoms with Gasteiger partial charge in [-0.15, -0.1) is 0 Å². The van der Waals surface area contributed by atoms with Crippen molar-refractivity contribution in [3.8, 4) is 11.3 Å². The summed E-state index contributed by atoms with van der Waals surface area (Å²) in [6, 6.07) is 3.53. The molecule has 0 spiro atoms. The molecule has 0 aliphatic carbocycles. The van der Waals surface area contributed by atoms with Crippen molar-refractivity contribution in [2.24, 2.45) is 0 Å². The molecule has 1 N–H and O–H groups in total. The average Bonchev–Trinajstić information content (AvgIpc) is 2.38. The number of nitrogens with one attached hydrogen (secondary N) is 1. The van der Waals surface area contributed by atoms with Gasteiger partial charge in [0.05, 0.1) is 11.4 Å². The molecule has 2 heterocycles. The average molecular weight is 247 g/mol. The molecular formula is C13H11F2N3. The van der Waals surface area contributed by atoms with Gasteiger partial charge in [0.25, 0.3) is 0 Å². The summed E-state index contributed by atoms with van der Waals surface area (Å²) >= 11 is 0. The van der Waals surface area contributed by atoms with E-state index in [4.69, 9.17) is 0 Å². The van der Waals surface area contributed by atoms with Crippen LogP contribution in [0, 0.1) is 11.6 Å². The highest BCUT2D eigenvalue weighted by molar-refractivity contribution is 5.64. The maximum Gasteiger partial charge on any atom is 0.135 e. The van der Waals surface area contributed by atoms with Crippen molar-refractivity contribution in [3.05, 3.63) is 47.4 Å². The molecule has 0 saturated heterocycles. The summed E-state index contributed by atoms with van der Waals surface area (Å²) in [6.07, 6.45) is 2.23. The van der Waals surface area contributed by atoms with Gasteiger partial charge in [0.2, 0.25) is 0 Å². The first-order valence-electron chi connectivity index (χ1n) is 5.74. The molecule has 3 nitrogen and oxygen atoms in total. The van der Waals surface area contributed by atoms with E-state index in [0.29, 0.717) is 17.8 Å². The second-order valence-corrected chi connectivity index (χ2v) is 4.20. The van der Waals surface area contributed by atoms with Crippen LogP contribution in [0.5, 0.6) is 0 Å². The molecular weight excluding hydrogens is 236 g/mol. The zero-order chi connectivity index (χ0) is 12.5. The van der Waals surface area contributed by atoms with Crippen molar-refractivity contribution in [1.29, 1.82) is 0 Å². The van der Waals surface area contributed by atoms with Crippen molar-refractivity contribution in [2.75, 3.05) is 6.54 Å². The Kier molecular flexibility index (Phi) is 2.76. The molecule has 0 bridgehead atoms. The number of benzene rings is 1. The van der Waals surface area contributed by atoms with E-state index in [9.17, 15) is 8.78 Å². The molecule has 0 fully saturated rings. The maximum atomic E-state index is 13.8. The second kappa shape index (κ2) is 4.42. The molecule has 0 saturated carbocycles. The summed E-state index contributed by atoms with van der Waals surface area (Å²) in [5, 5.41) is 3.21. The number of hydrogen-bond donors (Lipinski definition) is 1. The largest absolute Gasteiger partial charge is 0.312 e. The number of aromatic nitrogens is 2. The highest BCUT2D eigenvalue weighted by atomic mass is 19.1. The Morgan fingerprint density at radius 1 is 1.17 bits per heavy atom. The standard InChI is InChI=1S/C13H11F2N3/c14-8-1-2-9(11(15)5-8)13-10-6-16-4-3-12(10)17-7-18-13/h1-2,5,7,16H,3-4,6H2. The van der Waals surface area contributed by atoms with Crippen LogP contribution in [0.2, 0.25) is 0 Å². The van der Waals surface area contributed by atoms with Crippen LogP contribution in [0.15, 0.2) is 24.5 Å². The minimum atomic E-state index is -0.596. The van der Waals surface area contributed by atoms with Crippen molar-refractivity contribution in [2.45, 2.75) is 13.0 Å². The van der Waals surface area contributed by atoms with Crippen molar-refractivity contribution >= 4 is 0 Å². The third kappa shape index (κ3) is 1.86. The van der Waals surface area contributed by atoms with E-state index in [-0.39, 0.29) is 0 Å². The monoisotopic (exact) mass is 247 g/mol. The fourth-order valence-corrected chi connectivity index (χ4v) is 2.18. The highest BCUT2D eigenvalue weighted by Crippen LogP contribution is 2.27. The van der Waals surface area contributed by atoms with Crippen LogP contribution in [-0.4, -0.2) is 16.5 Å². The van der Waals surface area contributed by atoms with Gasteiger partial charge in [0.1, 0.15) is 18.0 Å². The van der Waals surface area contributed by atoms with Gasteiger partial charge >= 0.3 is 0 Å². The Hall–Kier alpha value is -1.88. The summed E-state index contributed by atoms with van der Waals surface area (Å²) in [7, 11) is 0. The lowest BCUT2D eigenvalue weighted by Gasteiger charge is -2.18. The van der Waals surface area contributed by atoms with Gasteiger partial charge in [0, 0.05) is 36.7 Å². The van der Waals surface area contributed by atoms with E-state index in [1.807, 2.05) is 0 Å².